The molecule has 0 aliphatic carbocycles. The number of rotatable bonds is 3. The van der Waals surface area contributed by atoms with Crippen molar-refractivity contribution in [1.82, 2.24) is 19.2 Å². The van der Waals surface area contributed by atoms with Crippen molar-refractivity contribution >= 4 is 27.0 Å². The molecular weight excluding hydrogens is 412 g/mol. The van der Waals surface area contributed by atoms with Crippen LogP contribution in [0.4, 0.5) is 0 Å². The maximum Gasteiger partial charge on any atom is 0.274 e. The van der Waals surface area contributed by atoms with Crippen molar-refractivity contribution in [3.63, 3.8) is 0 Å². The maximum atomic E-state index is 13.0. The summed E-state index contributed by atoms with van der Waals surface area (Å²) in [5.74, 6) is -0.232. The van der Waals surface area contributed by atoms with Gasteiger partial charge in [-0.15, -0.1) is 0 Å². The monoisotopic (exact) mass is 438 g/mol. The zero-order chi connectivity index (χ0) is 22.2. The lowest BCUT2D eigenvalue weighted by Gasteiger charge is -2.33. The molecule has 31 heavy (non-hydrogen) atoms. The number of nitrogens with zero attached hydrogens (tertiary/aromatic N) is 4. The van der Waals surface area contributed by atoms with Gasteiger partial charge in [0.2, 0.25) is 10.0 Å². The lowest BCUT2D eigenvalue weighted by atomic mass is 9.87. The van der Waals surface area contributed by atoms with Crippen LogP contribution < -0.4 is 0 Å². The van der Waals surface area contributed by atoms with E-state index >= 15 is 0 Å². The van der Waals surface area contributed by atoms with Crippen molar-refractivity contribution in [2.45, 2.75) is 31.1 Å². The Labute approximate surface area is 182 Å². The van der Waals surface area contributed by atoms with E-state index in [2.05, 4.69) is 30.7 Å². The molecule has 2 heterocycles. The Kier molecular flexibility index (Phi) is 5.53. The predicted molar refractivity (Wildman–Crippen MR) is 119 cm³/mol. The minimum atomic E-state index is -3.60. The van der Waals surface area contributed by atoms with Crippen molar-refractivity contribution < 1.29 is 13.2 Å². The van der Waals surface area contributed by atoms with Crippen LogP contribution in [-0.4, -0.2) is 59.7 Å². The Hall–Kier alpha value is -2.84. The highest BCUT2D eigenvalue weighted by atomic mass is 32.2. The number of sulfonamides is 1. The van der Waals surface area contributed by atoms with Crippen LogP contribution in [0.5, 0.6) is 0 Å². The van der Waals surface area contributed by atoms with Crippen molar-refractivity contribution in [2.24, 2.45) is 0 Å². The summed E-state index contributed by atoms with van der Waals surface area (Å²) in [5.41, 5.74) is 2.70. The van der Waals surface area contributed by atoms with E-state index in [1.807, 2.05) is 36.4 Å². The predicted octanol–water partition coefficient (Wildman–Crippen LogP) is 3.07. The molecule has 162 valence electrons. The fourth-order valence-corrected chi connectivity index (χ4v) is 5.05. The van der Waals surface area contributed by atoms with E-state index < -0.39 is 10.0 Å². The number of piperazine rings is 1. The summed E-state index contributed by atoms with van der Waals surface area (Å²) in [6, 6.07) is 14.4. The summed E-state index contributed by atoms with van der Waals surface area (Å²) >= 11 is 0. The smallest absolute Gasteiger partial charge is 0.274 e. The van der Waals surface area contributed by atoms with Crippen molar-refractivity contribution in [3.05, 3.63) is 66.0 Å². The van der Waals surface area contributed by atoms with Crippen LogP contribution in [0, 0.1) is 0 Å². The highest BCUT2D eigenvalue weighted by Crippen LogP contribution is 2.25. The molecule has 3 aromatic rings. The van der Waals surface area contributed by atoms with Gasteiger partial charge in [-0.3, -0.25) is 9.78 Å². The third-order valence-corrected chi connectivity index (χ3v) is 7.46. The number of amides is 1. The van der Waals surface area contributed by atoms with Crippen molar-refractivity contribution in [1.29, 1.82) is 0 Å². The van der Waals surface area contributed by atoms with Gasteiger partial charge in [-0.05, 0) is 35.2 Å². The van der Waals surface area contributed by atoms with E-state index in [0.717, 1.165) is 11.1 Å². The average Bonchev–Trinajstić information content (AvgIpc) is 2.78. The van der Waals surface area contributed by atoms with E-state index in [-0.39, 0.29) is 35.0 Å². The van der Waals surface area contributed by atoms with E-state index in [0.29, 0.717) is 18.6 Å². The maximum absolute atomic E-state index is 13.0. The molecule has 1 amide bonds. The highest BCUT2D eigenvalue weighted by molar-refractivity contribution is 7.89. The van der Waals surface area contributed by atoms with Gasteiger partial charge in [0.25, 0.3) is 5.91 Å². The number of carbonyl (C=O) groups excluding carboxylic acids is 1. The zero-order valence-corrected chi connectivity index (χ0v) is 18.8. The number of benzene rings is 2. The highest BCUT2D eigenvalue weighted by Gasteiger charge is 2.31. The molecule has 4 rings (SSSR count). The first kappa shape index (κ1) is 21.4. The Balaban J connectivity index is 1.45. The molecule has 1 fully saturated rings. The quantitative estimate of drug-likeness (QED) is 0.628. The third-order valence-electron chi connectivity index (χ3n) is 5.55. The number of aromatic nitrogens is 2. The molecule has 1 aliphatic heterocycles. The van der Waals surface area contributed by atoms with Crippen LogP contribution in [-0.2, 0) is 15.4 Å². The summed E-state index contributed by atoms with van der Waals surface area (Å²) in [4.78, 5) is 23.5. The second kappa shape index (κ2) is 8.01. The summed E-state index contributed by atoms with van der Waals surface area (Å²) in [7, 11) is -3.60. The van der Waals surface area contributed by atoms with Crippen LogP contribution >= 0.6 is 0 Å². The van der Waals surface area contributed by atoms with E-state index in [9.17, 15) is 13.2 Å². The van der Waals surface area contributed by atoms with Gasteiger partial charge < -0.3 is 4.90 Å². The lowest BCUT2D eigenvalue weighted by Crippen LogP contribution is -2.50. The minimum Gasteiger partial charge on any atom is -0.335 e. The van der Waals surface area contributed by atoms with Crippen LogP contribution in [0.25, 0.3) is 11.0 Å². The number of para-hydroxylation sites is 2. The minimum absolute atomic E-state index is 0.0417. The van der Waals surface area contributed by atoms with Gasteiger partial charge in [0.05, 0.1) is 22.1 Å². The first-order valence-electron chi connectivity index (χ1n) is 10.3. The largest absolute Gasteiger partial charge is 0.335 e. The van der Waals surface area contributed by atoms with Gasteiger partial charge in [-0.25, -0.2) is 13.4 Å². The number of fused-ring (bicyclic) bond motifs is 1. The molecule has 2 aromatic carbocycles. The van der Waals surface area contributed by atoms with E-state index in [1.165, 1.54) is 10.5 Å². The first-order chi connectivity index (χ1) is 14.7. The van der Waals surface area contributed by atoms with Crippen LogP contribution in [0.15, 0.2) is 59.6 Å². The molecule has 0 spiro atoms. The molecule has 0 unspecified atom stereocenters. The Bertz CT molecular complexity index is 1210. The topological polar surface area (TPSA) is 83.5 Å². The van der Waals surface area contributed by atoms with Gasteiger partial charge in [-0.1, -0.05) is 45.0 Å². The van der Waals surface area contributed by atoms with E-state index in [1.54, 1.807) is 17.0 Å². The summed E-state index contributed by atoms with van der Waals surface area (Å²) in [5, 5.41) is 0. The van der Waals surface area contributed by atoms with Gasteiger partial charge >= 0.3 is 0 Å². The molecule has 1 saturated heterocycles. The van der Waals surface area contributed by atoms with Crippen molar-refractivity contribution in [3.8, 4) is 0 Å². The molecule has 0 bridgehead atoms. The lowest BCUT2D eigenvalue weighted by molar-refractivity contribution is 0.0692. The summed E-state index contributed by atoms with van der Waals surface area (Å²) in [6.07, 6.45) is 1.48. The second-order valence-corrected chi connectivity index (χ2v) is 10.7. The van der Waals surface area contributed by atoms with Gasteiger partial charge in [-0.2, -0.15) is 4.31 Å². The van der Waals surface area contributed by atoms with Gasteiger partial charge in [0, 0.05) is 26.2 Å². The molecule has 0 radical (unpaired) electrons. The molecule has 0 saturated carbocycles. The molecular formula is C23H26N4O3S. The first-order valence-corrected chi connectivity index (χ1v) is 11.7. The summed E-state index contributed by atoms with van der Waals surface area (Å²) in [6.45, 7) is 7.39. The fourth-order valence-electron chi connectivity index (χ4n) is 3.63. The standard InChI is InChI=1S/C23H26N4O3S/c1-23(2,3)17-8-10-18(11-9-17)31(29,30)27-14-12-26(13-15-27)22(28)21-16-24-19-6-4-5-7-20(19)25-21/h4-11,16H,12-15H2,1-3H3. The van der Waals surface area contributed by atoms with Crippen molar-refractivity contribution in [2.75, 3.05) is 26.2 Å². The van der Waals surface area contributed by atoms with Crippen LogP contribution in [0.3, 0.4) is 0 Å². The number of hydrogen-bond acceptors (Lipinski definition) is 5. The molecule has 1 aromatic heterocycles. The molecule has 0 atom stereocenters. The Morgan fingerprint density at radius 3 is 2.13 bits per heavy atom. The molecule has 1 aliphatic rings. The fraction of sp³-hybridized carbons (Fsp3) is 0.348. The zero-order valence-electron chi connectivity index (χ0n) is 17.9. The summed E-state index contributed by atoms with van der Waals surface area (Å²) < 4.78 is 27.5. The molecule has 7 nitrogen and oxygen atoms in total. The second-order valence-electron chi connectivity index (χ2n) is 8.71. The normalized spacial score (nSPS) is 15.9. The Morgan fingerprint density at radius 2 is 1.52 bits per heavy atom. The van der Waals surface area contributed by atoms with E-state index in [4.69, 9.17) is 0 Å². The number of hydrogen-bond donors (Lipinski definition) is 0. The van der Waals surface area contributed by atoms with Crippen LogP contribution in [0.2, 0.25) is 0 Å². The van der Waals surface area contributed by atoms with Gasteiger partial charge in [0.1, 0.15) is 5.69 Å². The number of carbonyl (C=O) groups is 1. The molecule has 8 heteroatoms. The SMILES string of the molecule is CC(C)(C)c1ccc(S(=O)(=O)N2CCN(C(=O)c3cnc4ccccc4n3)CC2)cc1. The average molecular weight is 439 g/mol. The molecule has 0 N–H and O–H groups in total. The third kappa shape index (κ3) is 4.31. The van der Waals surface area contributed by atoms with Crippen LogP contribution in [0.1, 0.15) is 36.8 Å². The Morgan fingerprint density at radius 1 is 0.903 bits per heavy atom. The van der Waals surface area contributed by atoms with Gasteiger partial charge in [0.15, 0.2) is 0 Å².